The van der Waals surface area contributed by atoms with Gasteiger partial charge in [-0.25, -0.2) is 9.79 Å². The SMILES string of the molecule is CC1C2C(C3CC3)=CN=C(N3CCN(C(=O)c4ccc(N5CCN(C)C5=O)cc4C#N)CC3)C12. The molecule has 0 N–H and O–H groups in total. The van der Waals surface area contributed by atoms with Gasteiger partial charge in [-0.05, 0) is 54.4 Å². The molecule has 8 nitrogen and oxygen atoms in total. The van der Waals surface area contributed by atoms with E-state index < -0.39 is 0 Å². The van der Waals surface area contributed by atoms with E-state index in [1.54, 1.807) is 40.6 Å². The van der Waals surface area contributed by atoms with Crippen LogP contribution in [0.4, 0.5) is 10.5 Å². The zero-order chi connectivity index (χ0) is 23.6. The monoisotopic (exact) mass is 458 g/mol. The lowest BCUT2D eigenvalue weighted by Crippen LogP contribution is -2.51. The second-order valence-corrected chi connectivity index (χ2v) is 10.3. The van der Waals surface area contributed by atoms with Crippen LogP contribution in [-0.2, 0) is 0 Å². The predicted octanol–water partition coefficient (Wildman–Crippen LogP) is 2.78. The minimum Gasteiger partial charge on any atom is -0.356 e. The van der Waals surface area contributed by atoms with Crippen molar-refractivity contribution in [1.82, 2.24) is 14.7 Å². The van der Waals surface area contributed by atoms with Gasteiger partial charge in [0.15, 0.2) is 0 Å². The van der Waals surface area contributed by atoms with E-state index in [1.165, 1.54) is 18.7 Å². The first-order valence-corrected chi connectivity index (χ1v) is 12.4. The van der Waals surface area contributed by atoms with E-state index >= 15 is 0 Å². The fraction of sp³-hybridized carbons (Fsp3) is 0.538. The van der Waals surface area contributed by atoms with Crippen molar-refractivity contribution in [3.63, 3.8) is 0 Å². The smallest absolute Gasteiger partial charge is 0.324 e. The van der Waals surface area contributed by atoms with Crippen molar-refractivity contribution in [3.8, 4) is 6.07 Å². The minimum atomic E-state index is -0.119. The largest absolute Gasteiger partial charge is 0.356 e. The third kappa shape index (κ3) is 3.37. The number of aliphatic imine (C=N–C) groups is 1. The average molecular weight is 459 g/mol. The average Bonchev–Trinajstić information content (AvgIpc) is 3.79. The van der Waals surface area contributed by atoms with Gasteiger partial charge in [-0.2, -0.15) is 5.26 Å². The summed E-state index contributed by atoms with van der Waals surface area (Å²) in [6.45, 7) is 6.33. The number of allylic oxidation sites excluding steroid dienone is 1. The van der Waals surface area contributed by atoms with Crippen molar-refractivity contribution >= 4 is 23.5 Å². The number of nitriles is 1. The molecule has 5 aliphatic rings. The minimum absolute atomic E-state index is 0.0870. The molecule has 0 spiro atoms. The molecule has 4 fully saturated rings. The molecule has 3 aliphatic heterocycles. The van der Waals surface area contributed by atoms with Gasteiger partial charge in [0.05, 0.1) is 11.1 Å². The van der Waals surface area contributed by atoms with E-state index in [9.17, 15) is 14.9 Å². The van der Waals surface area contributed by atoms with Gasteiger partial charge in [0.1, 0.15) is 11.9 Å². The van der Waals surface area contributed by atoms with E-state index in [0.717, 1.165) is 19.0 Å². The van der Waals surface area contributed by atoms with Gasteiger partial charge < -0.3 is 14.7 Å². The second kappa shape index (κ2) is 7.86. The van der Waals surface area contributed by atoms with Crippen LogP contribution in [0.15, 0.2) is 35.0 Å². The Morgan fingerprint density at radius 2 is 1.85 bits per heavy atom. The summed E-state index contributed by atoms with van der Waals surface area (Å²) in [5, 5.41) is 9.72. The number of likely N-dealkylation sites (N-methyl/N-ethyl adjacent to an activating group) is 1. The number of rotatable bonds is 3. The van der Waals surface area contributed by atoms with Crippen LogP contribution >= 0.6 is 0 Å². The number of urea groups is 1. The van der Waals surface area contributed by atoms with Crippen molar-refractivity contribution in [1.29, 1.82) is 5.26 Å². The maximum Gasteiger partial charge on any atom is 0.324 e. The van der Waals surface area contributed by atoms with Gasteiger partial charge in [0.2, 0.25) is 0 Å². The fourth-order valence-corrected chi connectivity index (χ4v) is 5.94. The van der Waals surface area contributed by atoms with E-state index in [1.807, 2.05) is 4.90 Å². The molecule has 3 atom stereocenters. The Labute approximate surface area is 200 Å². The topological polar surface area (TPSA) is 83.2 Å². The number of carbonyl (C=O) groups is 2. The highest BCUT2D eigenvalue weighted by molar-refractivity contribution is 5.99. The zero-order valence-electron chi connectivity index (χ0n) is 19.8. The van der Waals surface area contributed by atoms with Crippen LogP contribution in [0.25, 0.3) is 0 Å². The van der Waals surface area contributed by atoms with Gasteiger partial charge in [0, 0.05) is 64.1 Å². The molecule has 0 radical (unpaired) electrons. The summed E-state index contributed by atoms with van der Waals surface area (Å²) < 4.78 is 0. The summed E-state index contributed by atoms with van der Waals surface area (Å²) in [5.74, 6) is 3.77. The molecule has 2 aliphatic carbocycles. The number of anilines is 1. The highest BCUT2D eigenvalue weighted by Gasteiger charge is 2.56. The lowest BCUT2D eigenvalue weighted by atomic mass is 10.0. The number of amidine groups is 1. The van der Waals surface area contributed by atoms with Crippen molar-refractivity contribution in [2.45, 2.75) is 19.8 Å². The summed E-state index contributed by atoms with van der Waals surface area (Å²) in [5.41, 5.74) is 2.96. The van der Waals surface area contributed by atoms with Crippen molar-refractivity contribution in [2.75, 3.05) is 51.2 Å². The number of carbonyl (C=O) groups excluding carboxylic acids is 2. The number of fused-ring (bicyclic) bond motifs is 1. The summed E-state index contributed by atoms with van der Waals surface area (Å²) in [7, 11) is 1.76. The molecule has 3 amide bonds. The highest BCUT2D eigenvalue weighted by Crippen LogP contribution is 2.59. The molecule has 8 heteroatoms. The summed E-state index contributed by atoms with van der Waals surface area (Å²) in [4.78, 5) is 38.0. The van der Waals surface area contributed by atoms with Gasteiger partial charge in [-0.15, -0.1) is 0 Å². The molecule has 176 valence electrons. The van der Waals surface area contributed by atoms with E-state index in [4.69, 9.17) is 4.99 Å². The van der Waals surface area contributed by atoms with Gasteiger partial charge in [-0.1, -0.05) is 6.92 Å². The second-order valence-electron chi connectivity index (χ2n) is 10.3. The molecule has 0 aromatic heterocycles. The molecule has 0 bridgehead atoms. The molecule has 3 heterocycles. The number of benzene rings is 1. The fourth-order valence-electron chi connectivity index (χ4n) is 5.94. The van der Waals surface area contributed by atoms with Crippen molar-refractivity contribution < 1.29 is 9.59 Å². The van der Waals surface area contributed by atoms with Crippen LogP contribution in [-0.4, -0.2) is 78.8 Å². The third-order valence-corrected chi connectivity index (χ3v) is 8.23. The first-order chi connectivity index (χ1) is 16.5. The number of hydrogen-bond donors (Lipinski definition) is 0. The Hall–Kier alpha value is -3.34. The van der Waals surface area contributed by atoms with Crippen LogP contribution in [0.2, 0.25) is 0 Å². The molecule has 3 unspecified atom stereocenters. The molecule has 34 heavy (non-hydrogen) atoms. The Morgan fingerprint density at radius 3 is 2.50 bits per heavy atom. The normalized spacial score (nSPS) is 28.4. The van der Waals surface area contributed by atoms with Crippen LogP contribution in [0.3, 0.4) is 0 Å². The first kappa shape index (κ1) is 21.2. The Morgan fingerprint density at radius 1 is 1.09 bits per heavy atom. The summed E-state index contributed by atoms with van der Waals surface area (Å²) in [6, 6.07) is 7.21. The van der Waals surface area contributed by atoms with Crippen LogP contribution in [0.5, 0.6) is 0 Å². The first-order valence-electron chi connectivity index (χ1n) is 12.4. The Balaban J connectivity index is 1.14. The van der Waals surface area contributed by atoms with Gasteiger partial charge >= 0.3 is 6.03 Å². The number of nitrogens with zero attached hydrogens (tertiary/aromatic N) is 6. The quantitative estimate of drug-likeness (QED) is 0.697. The summed E-state index contributed by atoms with van der Waals surface area (Å²) in [6.07, 6.45) is 4.79. The van der Waals surface area contributed by atoms with Crippen LogP contribution < -0.4 is 4.90 Å². The Bertz CT molecular complexity index is 1150. The lowest BCUT2D eigenvalue weighted by molar-refractivity contribution is 0.0689. The van der Waals surface area contributed by atoms with Gasteiger partial charge in [-0.3, -0.25) is 9.69 Å². The van der Waals surface area contributed by atoms with E-state index in [2.05, 4.69) is 24.1 Å². The van der Waals surface area contributed by atoms with Crippen molar-refractivity contribution in [3.05, 3.63) is 41.1 Å². The molecular weight excluding hydrogens is 428 g/mol. The van der Waals surface area contributed by atoms with Crippen LogP contribution in [0, 0.1) is 35.0 Å². The third-order valence-electron chi connectivity index (χ3n) is 8.23. The number of piperazine rings is 1. The maximum absolute atomic E-state index is 13.3. The Kier molecular flexibility index (Phi) is 4.91. The standard InChI is InChI=1S/C26H30N6O2/c1-16-22-21(17-3-4-17)15-28-24(23(16)22)30-8-10-31(11-9-30)25(33)20-6-5-19(13-18(20)14-27)32-12-7-29(2)26(32)34/h5-6,13,15-17,22-23H,3-4,7-12H2,1-2H3. The van der Waals surface area contributed by atoms with Gasteiger partial charge in [0.25, 0.3) is 5.91 Å². The number of hydrogen-bond acceptors (Lipinski definition) is 5. The molecule has 2 saturated heterocycles. The lowest BCUT2D eigenvalue weighted by Gasteiger charge is -2.37. The summed E-state index contributed by atoms with van der Waals surface area (Å²) >= 11 is 0. The van der Waals surface area contributed by atoms with Crippen molar-refractivity contribution in [2.24, 2.45) is 28.7 Å². The highest BCUT2D eigenvalue weighted by atomic mass is 16.2. The van der Waals surface area contributed by atoms with Crippen LogP contribution in [0.1, 0.15) is 35.7 Å². The molecule has 2 saturated carbocycles. The molecule has 1 aromatic rings. The van der Waals surface area contributed by atoms with E-state index in [-0.39, 0.29) is 11.9 Å². The van der Waals surface area contributed by atoms with E-state index in [0.29, 0.717) is 60.7 Å². The predicted molar refractivity (Wildman–Crippen MR) is 128 cm³/mol. The number of amides is 3. The maximum atomic E-state index is 13.3. The zero-order valence-corrected chi connectivity index (χ0v) is 19.8. The molecule has 6 rings (SSSR count). The molecule has 1 aromatic carbocycles. The molecular formula is C26H30N6O2.